The standard InChI is InChI=1S/C27H29F3N6OS/c1-27(29,30)16-36-22-10-6-9-20(32-21-11-12-35(2)15-19(21)28)18(22)13-23(36)26-34-33-24(38-26)14-31-25(37)17-7-4-3-5-8-17/h3-10,13,19,21,32H,11-12,14-16H2,1-2H3,(H,31,37)/t19-,21+/m1/s1. The zero-order valence-electron chi connectivity index (χ0n) is 21.1. The molecule has 5 rings (SSSR count). The van der Waals surface area contributed by atoms with E-state index in [9.17, 15) is 18.0 Å². The van der Waals surface area contributed by atoms with Crippen molar-refractivity contribution in [3.63, 3.8) is 0 Å². The normalized spacial score (nSPS) is 18.6. The molecule has 1 aliphatic rings. The Labute approximate surface area is 222 Å². The van der Waals surface area contributed by atoms with E-state index >= 15 is 0 Å². The van der Waals surface area contributed by atoms with E-state index < -0.39 is 18.6 Å². The number of benzene rings is 2. The molecule has 2 atom stereocenters. The molecular weight excluding hydrogens is 513 g/mol. The van der Waals surface area contributed by atoms with Crippen molar-refractivity contribution in [3.8, 4) is 10.7 Å². The van der Waals surface area contributed by atoms with Gasteiger partial charge in [-0.05, 0) is 43.8 Å². The van der Waals surface area contributed by atoms with Crippen LogP contribution in [0.5, 0.6) is 0 Å². The van der Waals surface area contributed by atoms with Gasteiger partial charge in [0.05, 0.1) is 30.3 Å². The van der Waals surface area contributed by atoms with Crippen LogP contribution in [0.1, 0.15) is 28.7 Å². The Bertz CT molecular complexity index is 1420. The van der Waals surface area contributed by atoms with Gasteiger partial charge in [-0.1, -0.05) is 35.6 Å². The highest BCUT2D eigenvalue weighted by atomic mass is 32.1. The predicted octanol–water partition coefficient (Wildman–Crippen LogP) is 5.20. The first-order valence-corrected chi connectivity index (χ1v) is 13.2. The van der Waals surface area contributed by atoms with Gasteiger partial charge in [-0.2, -0.15) is 0 Å². The third-order valence-corrected chi connectivity index (χ3v) is 7.53. The average Bonchev–Trinajstić information content (AvgIpc) is 3.49. The zero-order valence-corrected chi connectivity index (χ0v) is 21.9. The van der Waals surface area contributed by atoms with Crippen molar-refractivity contribution in [2.24, 2.45) is 0 Å². The van der Waals surface area contributed by atoms with E-state index in [1.54, 1.807) is 42.5 Å². The maximum Gasteiger partial charge on any atom is 0.262 e. The van der Waals surface area contributed by atoms with Crippen molar-refractivity contribution in [2.45, 2.75) is 44.6 Å². The molecular formula is C27H29F3N6OS. The molecule has 2 aromatic carbocycles. The number of fused-ring (bicyclic) bond motifs is 1. The second-order valence-corrected chi connectivity index (χ2v) is 10.9. The molecule has 1 saturated heterocycles. The summed E-state index contributed by atoms with van der Waals surface area (Å²) in [5, 5.41) is 16.3. The largest absolute Gasteiger partial charge is 0.379 e. The summed E-state index contributed by atoms with van der Waals surface area (Å²) in [6, 6.07) is 15.7. The molecule has 1 fully saturated rings. The quantitative estimate of drug-likeness (QED) is 0.320. The summed E-state index contributed by atoms with van der Waals surface area (Å²) in [5.74, 6) is -3.21. The molecule has 0 spiro atoms. The van der Waals surface area contributed by atoms with E-state index in [0.29, 0.717) is 50.8 Å². The molecule has 7 nitrogen and oxygen atoms in total. The molecule has 2 aromatic heterocycles. The lowest BCUT2D eigenvalue weighted by Gasteiger charge is -2.33. The van der Waals surface area contributed by atoms with E-state index in [-0.39, 0.29) is 18.5 Å². The lowest BCUT2D eigenvalue weighted by Crippen LogP contribution is -2.46. The van der Waals surface area contributed by atoms with Gasteiger partial charge in [-0.25, -0.2) is 13.2 Å². The minimum atomic E-state index is -2.97. The minimum absolute atomic E-state index is 0.163. The molecule has 2 N–H and O–H groups in total. The minimum Gasteiger partial charge on any atom is -0.379 e. The van der Waals surface area contributed by atoms with Gasteiger partial charge in [-0.3, -0.25) is 4.79 Å². The Hall–Kier alpha value is -3.44. The fraction of sp³-hybridized carbons (Fsp3) is 0.370. The van der Waals surface area contributed by atoms with Crippen LogP contribution in [0.3, 0.4) is 0 Å². The molecule has 0 unspecified atom stereocenters. The van der Waals surface area contributed by atoms with Gasteiger partial charge < -0.3 is 20.1 Å². The summed E-state index contributed by atoms with van der Waals surface area (Å²) < 4.78 is 44.8. The number of aromatic nitrogens is 3. The number of nitrogens with one attached hydrogen (secondary N) is 2. The number of hydrogen-bond donors (Lipinski definition) is 2. The fourth-order valence-corrected chi connectivity index (χ4v) is 5.53. The second kappa shape index (κ2) is 10.7. The highest BCUT2D eigenvalue weighted by molar-refractivity contribution is 7.14. The highest BCUT2D eigenvalue weighted by Crippen LogP contribution is 2.36. The zero-order chi connectivity index (χ0) is 26.9. The van der Waals surface area contributed by atoms with E-state index in [0.717, 1.165) is 13.5 Å². The molecule has 0 aliphatic carbocycles. The number of halogens is 3. The Morgan fingerprint density at radius 3 is 2.68 bits per heavy atom. The summed E-state index contributed by atoms with van der Waals surface area (Å²) in [6.45, 7) is 1.61. The van der Waals surface area contributed by atoms with Crippen LogP contribution in [0.2, 0.25) is 0 Å². The summed E-state index contributed by atoms with van der Waals surface area (Å²) >= 11 is 1.23. The predicted molar refractivity (Wildman–Crippen MR) is 143 cm³/mol. The molecule has 1 amide bonds. The number of carbonyl (C=O) groups is 1. The van der Waals surface area contributed by atoms with Crippen LogP contribution >= 0.6 is 11.3 Å². The van der Waals surface area contributed by atoms with Crippen molar-refractivity contribution < 1.29 is 18.0 Å². The Kier molecular flexibility index (Phi) is 7.40. The van der Waals surface area contributed by atoms with Gasteiger partial charge in [-0.15, -0.1) is 10.2 Å². The molecule has 1 aliphatic heterocycles. The summed E-state index contributed by atoms with van der Waals surface area (Å²) in [6.07, 6.45) is -0.398. The summed E-state index contributed by atoms with van der Waals surface area (Å²) in [7, 11) is 1.89. The van der Waals surface area contributed by atoms with E-state index in [2.05, 4.69) is 20.8 Å². The van der Waals surface area contributed by atoms with Crippen molar-refractivity contribution in [1.29, 1.82) is 0 Å². The number of rotatable bonds is 8. The number of anilines is 1. The molecule has 0 radical (unpaired) electrons. The Morgan fingerprint density at radius 2 is 1.95 bits per heavy atom. The van der Waals surface area contributed by atoms with Crippen molar-refractivity contribution >= 4 is 33.8 Å². The molecule has 4 aromatic rings. The number of amides is 1. The van der Waals surface area contributed by atoms with Crippen molar-refractivity contribution in [1.82, 2.24) is 25.0 Å². The van der Waals surface area contributed by atoms with E-state index in [1.807, 2.05) is 24.1 Å². The first-order chi connectivity index (χ1) is 18.2. The van der Waals surface area contributed by atoms with Gasteiger partial charge in [0.1, 0.15) is 11.2 Å². The average molecular weight is 543 g/mol. The van der Waals surface area contributed by atoms with Crippen molar-refractivity contribution in [2.75, 3.05) is 25.5 Å². The maximum absolute atomic E-state index is 14.7. The first-order valence-electron chi connectivity index (χ1n) is 12.4. The van der Waals surface area contributed by atoms with Gasteiger partial charge in [0.15, 0.2) is 5.01 Å². The van der Waals surface area contributed by atoms with Crippen LogP contribution in [0.25, 0.3) is 21.6 Å². The first kappa shape index (κ1) is 26.2. The van der Waals surface area contributed by atoms with Gasteiger partial charge in [0.2, 0.25) is 0 Å². The highest BCUT2D eigenvalue weighted by Gasteiger charge is 2.29. The molecule has 38 heavy (non-hydrogen) atoms. The van der Waals surface area contributed by atoms with E-state index in [1.165, 1.54) is 15.9 Å². The molecule has 200 valence electrons. The number of piperidine rings is 1. The fourth-order valence-electron chi connectivity index (χ4n) is 4.73. The third kappa shape index (κ3) is 5.83. The summed E-state index contributed by atoms with van der Waals surface area (Å²) in [5.41, 5.74) is 2.32. The number of alkyl halides is 3. The SMILES string of the molecule is CN1CC[C@H](Nc2cccc3c2cc(-c2nnc(CNC(=O)c4ccccc4)s2)n3CC(C)(F)F)[C@H](F)C1. The van der Waals surface area contributed by atoms with Crippen LogP contribution in [0.15, 0.2) is 54.6 Å². The monoisotopic (exact) mass is 542 g/mol. The Balaban J connectivity index is 1.44. The number of hydrogen-bond acceptors (Lipinski definition) is 6. The van der Waals surface area contributed by atoms with Crippen LogP contribution in [-0.4, -0.2) is 63.8 Å². The maximum atomic E-state index is 14.7. The van der Waals surface area contributed by atoms with Crippen molar-refractivity contribution in [3.05, 3.63) is 65.2 Å². The van der Waals surface area contributed by atoms with E-state index in [4.69, 9.17) is 0 Å². The van der Waals surface area contributed by atoms with Gasteiger partial charge in [0.25, 0.3) is 11.8 Å². The number of nitrogens with zero attached hydrogens (tertiary/aromatic N) is 4. The van der Waals surface area contributed by atoms with Crippen LogP contribution in [0.4, 0.5) is 18.9 Å². The smallest absolute Gasteiger partial charge is 0.262 e. The van der Waals surface area contributed by atoms with Crippen LogP contribution < -0.4 is 10.6 Å². The molecule has 0 bridgehead atoms. The van der Waals surface area contributed by atoms with Crippen LogP contribution in [-0.2, 0) is 13.1 Å². The number of likely N-dealkylation sites (tertiary alicyclic amines) is 1. The Morgan fingerprint density at radius 1 is 1.16 bits per heavy atom. The van der Waals surface area contributed by atoms with Gasteiger partial charge >= 0.3 is 0 Å². The topological polar surface area (TPSA) is 75.1 Å². The molecule has 3 heterocycles. The third-order valence-electron chi connectivity index (χ3n) is 6.59. The summed E-state index contributed by atoms with van der Waals surface area (Å²) in [4.78, 5) is 14.3. The van der Waals surface area contributed by atoms with Gasteiger partial charge in [0, 0.05) is 36.7 Å². The van der Waals surface area contributed by atoms with Crippen LogP contribution in [0, 0.1) is 0 Å². The second-order valence-electron chi connectivity index (χ2n) is 9.79. The lowest BCUT2D eigenvalue weighted by molar-refractivity contribution is 0.00549. The molecule has 11 heteroatoms. The lowest BCUT2D eigenvalue weighted by atomic mass is 10.0. The molecule has 0 saturated carbocycles. The number of carbonyl (C=O) groups excluding carboxylic acids is 1.